The van der Waals surface area contributed by atoms with E-state index in [2.05, 4.69) is 33.3 Å². The zero-order chi connectivity index (χ0) is 24.8. The molecule has 1 aliphatic heterocycles. The maximum Gasteiger partial charge on any atom is 0.409 e. The molecule has 1 saturated carbocycles. The number of amides is 2. The number of carbonyl (C=O) groups is 2. The fraction of sp³-hybridized carbons (Fsp3) is 0.500. The first-order chi connectivity index (χ1) is 17.0. The third-order valence-corrected chi connectivity index (χ3v) is 7.49. The van der Waals surface area contributed by atoms with Crippen LogP contribution in [0, 0.1) is 5.92 Å². The van der Waals surface area contributed by atoms with Crippen molar-refractivity contribution in [2.75, 3.05) is 51.1 Å². The van der Waals surface area contributed by atoms with E-state index in [9.17, 15) is 14.7 Å². The van der Waals surface area contributed by atoms with Gasteiger partial charge in [-0.05, 0) is 68.0 Å². The van der Waals surface area contributed by atoms with E-state index in [0.717, 1.165) is 43.2 Å². The molecular weight excluding hydrogens is 440 g/mol. The SMILES string of the molecule is CCN(CC)C(=O)c1ccc(C(c2cccc(NC(=O)O)c2)N2CCN(CC3CCC3)CC2)cc1. The minimum absolute atomic E-state index is 0.00555. The summed E-state index contributed by atoms with van der Waals surface area (Å²) in [6.07, 6.45) is 3.04. The van der Waals surface area contributed by atoms with Crippen LogP contribution in [-0.4, -0.2) is 77.6 Å². The molecule has 2 fully saturated rings. The molecule has 1 unspecified atom stereocenters. The van der Waals surface area contributed by atoms with Crippen LogP contribution in [0.2, 0.25) is 0 Å². The Labute approximate surface area is 208 Å². The predicted octanol–water partition coefficient (Wildman–Crippen LogP) is 4.77. The number of benzene rings is 2. The van der Waals surface area contributed by atoms with E-state index in [1.807, 2.05) is 43.0 Å². The minimum atomic E-state index is -1.07. The number of piperazine rings is 1. The molecule has 2 N–H and O–H groups in total. The van der Waals surface area contributed by atoms with Gasteiger partial charge in [0.1, 0.15) is 0 Å². The van der Waals surface area contributed by atoms with E-state index in [1.54, 1.807) is 6.07 Å². The molecule has 7 nitrogen and oxygen atoms in total. The summed E-state index contributed by atoms with van der Waals surface area (Å²) in [4.78, 5) is 30.9. The summed E-state index contributed by atoms with van der Waals surface area (Å²) in [5.41, 5.74) is 3.42. The van der Waals surface area contributed by atoms with Crippen molar-refractivity contribution < 1.29 is 14.7 Å². The summed E-state index contributed by atoms with van der Waals surface area (Å²) in [6.45, 7) is 10.6. The third-order valence-electron chi connectivity index (χ3n) is 7.49. The number of rotatable bonds is 9. The number of hydrogen-bond donors (Lipinski definition) is 2. The fourth-order valence-corrected chi connectivity index (χ4v) is 5.27. The van der Waals surface area contributed by atoms with Crippen LogP contribution < -0.4 is 5.32 Å². The number of nitrogens with one attached hydrogen (secondary N) is 1. The van der Waals surface area contributed by atoms with Crippen LogP contribution in [0.25, 0.3) is 0 Å². The normalized spacial score (nSPS) is 18.0. The Morgan fingerprint density at radius 2 is 1.69 bits per heavy atom. The van der Waals surface area contributed by atoms with Crippen molar-refractivity contribution in [2.24, 2.45) is 5.92 Å². The minimum Gasteiger partial charge on any atom is -0.465 e. The zero-order valence-corrected chi connectivity index (χ0v) is 20.9. The summed E-state index contributed by atoms with van der Waals surface area (Å²) < 4.78 is 0. The van der Waals surface area contributed by atoms with Gasteiger partial charge >= 0.3 is 6.09 Å². The lowest BCUT2D eigenvalue weighted by atomic mass is 9.85. The lowest BCUT2D eigenvalue weighted by Gasteiger charge is -2.42. The summed E-state index contributed by atoms with van der Waals surface area (Å²) in [7, 11) is 0. The van der Waals surface area contributed by atoms with Gasteiger partial charge in [-0.15, -0.1) is 0 Å². The molecule has 2 amide bonds. The van der Waals surface area contributed by atoms with Crippen molar-refractivity contribution in [2.45, 2.75) is 39.2 Å². The van der Waals surface area contributed by atoms with Crippen molar-refractivity contribution >= 4 is 17.7 Å². The highest BCUT2D eigenvalue weighted by molar-refractivity contribution is 5.94. The third kappa shape index (κ3) is 6.21. The van der Waals surface area contributed by atoms with Gasteiger partial charge in [-0.25, -0.2) is 4.79 Å². The molecule has 7 heteroatoms. The Balaban J connectivity index is 1.57. The average molecular weight is 479 g/mol. The van der Waals surface area contributed by atoms with Crippen molar-refractivity contribution in [3.05, 3.63) is 65.2 Å². The first-order valence-electron chi connectivity index (χ1n) is 12.9. The van der Waals surface area contributed by atoms with Gasteiger partial charge in [-0.2, -0.15) is 0 Å². The van der Waals surface area contributed by atoms with E-state index in [1.165, 1.54) is 25.8 Å². The fourth-order valence-electron chi connectivity index (χ4n) is 5.27. The Hall–Kier alpha value is -2.90. The molecule has 2 aromatic carbocycles. The summed E-state index contributed by atoms with van der Waals surface area (Å²) >= 11 is 0. The second-order valence-electron chi connectivity index (χ2n) is 9.69. The van der Waals surface area contributed by atoms with Crippen LogP contribution in [0.1, 0.15) is 60.6 Å². The highest BCUT2D eigenvalue weighted by Gasteiger charge is 2.29. The quantitative estimate of drug-likeness (QED) is 0.543. The Morgan fingerprint density at radius 1 is 1.00 bits per heavy atom. The van der Waals surface area contributed by atoms with Gasteiger partial charge in [0.05, 0.1) is 6.04 Å². The molecule has 35 heavy (non-hydrogen) atoms. The van der Waals surface area contributed by atoms with Crippen LogP contribution in [0.15, 0.2) is 48.5 Å². The summed E-state index contributed by atoms with van der Waals surface area (Å²) in [6, 6.07) is 15.6. The van der Waals surface area contributed by atoms with Crippen LogP contribution in [0.3, 0.4) is 0 Å². The van der Waals surface area contributed by atoms with Gasteiger partial charge in [-0.3, -0.25) is 15.0 Å². The zero-order valence-electron chi connectivity index (χ0n) is 20.9. The number of nitrogens with zero attached hydrogens (tertiary/aromatic N) is 3. The number of hydrogen-bond acceptors (Lipinski definition) is 4. The maximum absolute atomic E-state index is 12.8. The standard InChI is InChI=1S/C28H38N4O3/c1-3-31(4-2)27(33)23-13-11-22(12-14-23)26(24-9-6-10-25(19-24)29-28(34)35)32-17-15-30(16-18-32)20-21-7-5-8-21/h6,9-14,19,21,26,29H,3-5,7-8,15-18,20H2,1-2H3,(H,34,35). The second-order valence-corrected chi connectivity index (χ2v) is 9.69. The second kappa shape index (κ2) is 11.7. The molecule has 0 spiro atoms. The van der Waals surface area contributed by atoms with Crippen LogP contribution >= 0.6 is 0 Å². The highest BCUT2D eigenvalue weighted by Crippen LogP contribution is 2.33. The lowest BCUT2D eigenvalue weighted by molar-refractivity contribution is 0.0772. The molecule has 2 aliphatic rings. The number of carboxylic acid groups (broad SMARTS) is 1. The first kappa shape index (κ1) is 25.2. The van der Waals surface area contributed by atoms with Gasteiger partial charge < -0.3 is 14.9 Å². The number of anilines is 1. The molecule has 0 radical (unpaired) electrons. The Morgan fingerprint density at radius 3 is 2.26 bits per heavy atom. The monoisotopic (exact) mass is 478 g/mol. The van der Waals surface area contributed by atoms with Gasteiger partial charge in [0.25, 0.3) is 5.91 Å². The van der Waals surface area contributed by atoms with E-state index >= 15 is 0 Å². The molecule has 2 aromatic rings. The van der Waals surface area contributed by atoms with Crippen LogP contribution in [0.5, 0.6) is 0 Å². The summed E-state index contributed by atoms with van der Waals surface area (Å²) in [5.74, 6) is 0.919. The molecule has 1 heterocycles. The van der Waals surface area contributed by atoms with Crippen molar-refractivity contribution in [1.29, 1.82) is 0 Å². The molecule has 0 bridgehead atoms. The van der Waals surface area contributed by atoms with Gasteiger partial charge in [0.15, 0.2) is 0 Å². The Bertz CT molecular complexity index is 994. The van der Waals surface area contributed by atoms with Crippen molar-refractivity contribution in [3.63, 3.8) is 0 Å². The maximum atomic E-state index is 12.8. The summed E-state index contributed by atoms with van der Waals surface area (Å²) in [5, 5.41) is 11.7. The van der Waals surface area contributed by atoms with Gasteiger partial charge in [-0.1, -0.05) is 30.7 Å². The van der Waals surface area contributed by atoms with Crippen molar-refractivity contribution in [3.8, 4) is 0 Å². The predicted molar refractivity (Wildman–Crippen MR) is 139 cm³/mol. The van der Waals surface area contributed by atoms with Crippen molar-refractivity contribution in [1.82, 2.24) is 14.7 Å². The lowest BCUT2D eigenvalue weighted by Crippen LogP contribution is -2.49. The molecular formula is C28H38N4O3. The van der Waals surface area contributed by atoms with Crippen LogP contribution in [0.4, 0.5) is 10.5 Å². The topological polar surface area (TPSA) is 76.1 Å². The van der Waals surface area contributed by atoms with E-state index < -0.39 is 6.09 Å². The molecule has 1 aliphatic carbocycles. The first-order valence-corrected chi connectivity index (χ1v) is 12.9. The molecule has 0 aromatic heterocycles. The van der Waals surface area contributed by atoms with Gasteiger partial charge in [0, 0.05) is 57.1 Å². The number of carbonyl (C=O) groups excluding carboxylic acids is 1. The molecule has 4 rings (SSSR count). The molecule has 188 valence electrons. The van der Waals surface area contributed by atoms with E-state index in [-0.39, 0.29) is 11.9 Å². The highest BCUT2D eigenvalue weighted by atomic mass is 16.4. The molecule has 1 atom stereocenters. The molecule has 1 saturated heterocycles. The van der Waals surface area contributed by atoms with Crippen LogP contribution in [-0.2, 0) is 0 Å². The van der Waals surface area contributed by atoms with Gasteiger partial charge in [0.2, 0.25) is 0 Å². The average Bonchev–Trinajstić information content (AvgIpc) is 2.83. The smallest absolute Gasteiger partial charge is 0.409 e. The Kier molecular flexibility index (Phi) is 8.42. The van der Waals surface area contributed by atoms with E-state index in [4.69, 9.17) is 0 Å². The largest absolute Gasteiger partial charge is 0.465 e. The van der Waals surface area contributed by atoms with E-state index in [0.29, 0.717) is 24.3 Å².